The van der Waals surface area contributed by atoms with Crippen molar-refractivity contribution in [2.75, 3.05) is 25.0 Å². The van der Waals surface area contributed by atoms with Crippen LogP contribution in [0.2, 0.25) is 0 Å². The molecule has 0 aromatic carbocycles. The topological polar surface area (TPSA) is 41.0 Å². The van der Waals surface area contributed by atoms with E-state index in [1.807, 2.05) is 0 Å². The van der Waals surface area contributed by atoms with Crippen LogP contribution in [0.15, 0.2) is 12.4 Å². The third-order valence-corrected chi connectivity index (χ3v) is 2.91. The molecule has 0 amide bonds. The van der Waals surface area contributed by atoms with Gasteiger partial charge in [-0.05, 0) is 25.9 Å². The number of piperidine rings is 1. The Morgan fingerprint density at radius 2 is 2.25 bits per heavy atom. The Morgan fingerprint density at radius 1 is 1.50 bits per heavy atom. The van der Waals surface area contributed by atoms with Crippen LogP contribution in [0.4, 0.5) is 10.3 Å². The average Bonchev–Trinajstić information content (AvgIpc) is 2.32. The van der Waals surface area contributed by atoms with Crippen molar-refractivity contribution in [2.45, 2.75) is 25.8 Å². The van der Waals surface area contributed by atoms with Gasteiger partial charge in [-0.2, -0.15) is 0 Å². The number of halogens is 1. The van der Waals surface area contributed by atoms with E-state index in [4.69, 9.17) is 0 Å². The molecule has 2 heterocycles. The molecule has 16 heavy (non-hydrogen) atoms. The van der Waals surface area contributed by atoms with Crippen molar-refractivity contribution >= 4 is 5.95 Å². The highest BCUT2D eigenvalue weighted by molar-refractivity contribution is 5.24. The van der Waals surface area contributed by atoms with Gasteiger partial charge in [-0.15, -0.1) is 0 Å². The van der Waals surface area contributed by atoms with Gasteiger partial charge in [0.05, 0.1) is 12.4 Å². The summed E-state index contributed by atoms with van der Waals surface area (Å²) < 4.78 is 12.6. The molecule has 1 fully saturated rings. The SMILES string of the molecule is CCN1CCCC(Nc2ncc(F)cn2)C1. The van der Waals surface area contributed by atoms with Gasteiger partial charge in [-0.3, -0.25) is 0 Å². The number of aromatic nitrogens is 2. The van der Waals surface area contributed by atoms with Gasteiger partial charge in [0.15, 0.2) is 5.82 Å². The zero-order valence-electron chi connectivity index (χ0n) is 9.49. The van der Waals surface area contributed by atoms with E-state index in [1.165, 1.54) is 25.4 Å². The second-order valence-electron chi connectivity index (χ2n) is 4.10. The predicted octanol–water partition coefficient (Wildman–Crippen LogP) is 1.51. The molecule has 0 radical (unpaired) electrons. The summed E-state index contributed by atoms with van der Waals surface area (Å²) >= 11 is 0. The fourth-order valence-electron chi connectivity index (χ4n) is 2.03. The molecule has 1 aromatic heterocycles. The monoisotopic (exact) mass is 224 g/mol. The van der Waals surface area contributed by atoms with E-state index in [-0.39, 0.29) is 0 Å². The highest BCUT2D eigenvalue weighted by atomic mass is 19.1. The minimum atomic E-state index is -0.399. The minimum absolute atomic E-state index is 0.374. The molecule has 1 atom stereocenters. The Hall–Kier alpha value is -1.23. The van der Waals surface area contributed by atoms with Crippen LogP contribution in [0.1, 0.15) is 19.8 Å². The summed E-state index contributed by atoms with van der Waals surface area (Å²) in [7, 11) is 0. The van der Waals surface area contributed by atoms with Crippen molar-refractivity contribution in [2.24, 2.45) is 0 Å². The summed E-state index contributed by atoms with van der Waals surface area (Å²) in [6.07, 6.45) is 4.69. The number of likely N-dealkylation sites (N-methyl/N-ethyl adjacent to an activating group) is 1. The highest BCUT2D eigenvalue weighted by Gasteiger charge is 2.18. The Labute approximate surface area is 94.9 Å². The van der Waals surface area contributed by atoms with Gasteiger partial charge < -0.3 is 10.2 Å². The molecule has 1 N–H and O–H groups in total. The molecule has 2 rings (SSSR count). The van der Waals surface area contributed by atoms with Gasteiger partial charge in [0.1, 0.15) is 0 Å². The summed E-state index contributed by atoms with van der Waals surface area (Å²) in [5.74, 6) is 0.119. The molecule has 0 aliphatic carbocycles. The molecule has 5 heteroatoms. The van der Waals surface area contributed by atoms with Crippen molar-refractivity contribution in [1.29, 1.82) is 0 Å². The Kier molecular flexibility index (Phi) is 3.66. The smallest absolute Gasteiger partial charge is 0.223 e. The van der Waals surface area contributed by atoms with E-state index in [2.05, 4.69) is 27.1 Å². The fraction of sp³-hybridized carbons (Fsp3) is 0.636. The third-order valence-electron chi connectivity index (χ3n) is 2.91. The minimum Gasteiger partial charge on any atom is -0.350 e. The van der Waals surface area contributed by atoms with E-state index in [0.717, 1.165) is 19.5 Å². The molecule has 1 unspecified atom stereocenters. The molecule has 1 aliphatic rings. The number of rotatable bonds is 3. The number of anilines is 1. The van der Waals surface area contributed by atoms with Crippen molar-refractivity contribution in [3.8, 4) is 0 Å². The Morgan fingerprint density at radius 3 is 2.94 bits per heavy atom. The average molecular weight is 224 g/mol. The molecule has 0 bridgehead atoms. The molecule has 1 aromatic rings. The molecule has 0 saturated carbocycles. The first kappa shape index (κ1) is 11.3. The summed E-state index contributed by atoms with van der Waals surface area (Å²) in [5, 5.41) is 3.24. The van der Waals surface area contributed by atoms with Crippen molar-refractivity contribution in [3.63, 3.8) is 0 Å². The maximum atomic E-state index is 12.6. The summed E-state index contributed by atoms with van der Waals surface area (Å²) in [6, 6.07) is 0.374. The molecule has 1 saturated heterocycles. The number of hydrogen-bond donors (Lipinski definition) is 1. The zero-order valence-corrected chi connectivity index (χ0v) is 9.49. The van der Waals surface area contributed by atoms with Crippen LogP contribution in [0.25, 0.3) is 0 Å². The molecule has 4 nitrogen and oxygen atoms in total. The van der Waals surface area contributed by atoms with E-state index in [1.54, 1.807) is 0 Å². The Balaban J connectivity index is 1.91. The summed E-state index contributed by atoms with van der Waals surface area (Å²) in [5.41, 5.74) is 0. The van der Waals surface area contributed by atoms with Gasteiger partial charge in [-0.25, -0.2) is 14.4 Å². The molecular weight excluding hydrogens is 207 g/mol. The van der Waals surface area contributed by atoms with E-state index in [0.29, 0.717) is 12.0 Å². The van der Waals surface area contributed by atoms with Gasteiger partial charge in [0, 0.05) is 12.6 Å². The summed E-state index contributed by atoms with van der Waals surface area (Å²) in [6.45, 7) is 5.41. The number of hydrogen-bond acceptors (Lipinski definition) is 4. The van der Waals surface area contributed by atoms with E-state index < -0.39 is 5.82 Å². The number of nitrogens with zero attached hydrogens (tertiary/aromatic N) is 3. The molecule has 1 aliphatic heterocycles. The maximum Gasteiger partial charge on any atom is 0.223 e. The fourth-order valence-corrected chi connectivity index (χ4v) is 2.03. The number of likely N-dealkylation sites (tertiary alicyclic amines) is 1. The first-order valence-electron chi connectivity index (χ1n) is 5.74. The van der Waals surface area contributed by atoms with Crippen LogP contribution in [0, 0.1) is 5.82 Å². The largest absolute Gasteiger partial charge is 0.350 e. The second-order valence-corrected chi connectivity index (χ2v) is 4.10. The molecular formula is C11H17FN4. The van der Waals surface area contributed by atoms with Crippen molar-refractivity contribution in [1.82, 2.24) is 14.9 Å². The first-order chi connectivity index (χ1) is 7.78. The van der Waals surface area contributed by atoms with Crippen LogP contribution in [-0.2, 0) is 0 Å². The lowest BCUT2D eigenvalue weighted by Gasteiger charge is -2.32. The maximum absolute atomic E-state index is 12.6. The van der Waals surface area contributed by atoms with E-state index >= 15 is 0 Å². The van der Waals surface area contributed by atoms with Crippen LogP contribution < -0.4 is 5.32 Å². The number of nitrogens with one attached hydrogen (secondary N) is 1. The quantitative estimate of drug-likeness (QED) is 0.845. The van der Waals surface area contributed by atoms with Crippen LogP contribution in [0.5, 0.6) is 0 Å². The molecule has 88 valence electrons. The van der Waals surface area contributed by atoms with Gasteiger partial charge in [0.25, 0.3) is 0 Å². The zero-order chi connectivity index (χ0) is 11.4. The first-order valence-corrected chi connectivity index (χ1v) is 5.74. The third kappa shape index (κ3) is 2.88. The molecule has 0 spiro atoms. The second kappa shape index (κ2) is 5.21. The standard InChI is InChI=1S/C11H17FN4/c1-2-16-5-3-4-10(8-16)15-11-13-6-9(12)7-14-11/h6-7,10H,2-5,8H2,1H3,(H,13,14,15). The lowest BCUT2D eigenvalue weighted by molar-refractivity contribution is 0.226. The van der Waals surface area contributed by atoms with Gasteiger partial charge in [-0.1, -0.05) is 6.92 Å². The van der Waals surface area contributed by atoms with Crippen molar-refractivity contribution in [3.05, 3.63) is 18.2 Å². The van der Waals surface area contributed by atoms with Gasteiger partial charge >= 0.3 is 0 Å². The lowest BCUT2D eigenvalue weighted by atomic mass is 10.1. The normalized spacial score (nSPS) is 22.0. The van der Waals surface area contributed by atoms with Crippen LogP contribution in [0.3, 0.4) is 0 Å². The van der Waals surface area contributed by atoms with E-state index in [9.17, 15) is 4.39 Å². The predicted molar refractivity (Wildman–Crippen MR) is 60.7 cm³/mol. The van der Waals surface area contributed by atoms with Gasteiger partial charge in [0.2, 0.25) is 5.95 Å². The highest BCUT2D eigenvalue weighted by Crippen LogP contribution is 2.13. The van der Waals surface area contributed by atoms with Crippen molar-refractivity contribution < 1.29 is 4.39 Å². The van der Waals surface area contributed by atoms with Crippen LogP contribution >= 0.6 is 0 Å². The summed E-state index contributed by atoms with van der Waals surface area (Å²) in [4.78, 5) is 10.2. The Bertz CT molecular complexity index is 327. The lowest BCUT2D eigenvalue weighted by Crippen LogP contribution is -2.42. The van der Waals surface area contributed by atoms with Crippen LogP contribution in [-0.4, -0.2) is 40.5 Å².